The quantitative estimate of drug-likeness (QED) is 0.763. The normalized spacial score (nSPS) is 17.9. The monoisotopic (exact) mass is 222 g/mol. The Morgan fingerprint density at radius 2 is 2.27 bits per heavy atom. The van der Waals surface area contributed by atoms with Crippen LogP contribution in [-0.2, 0) is 4.79 Å². The van der Waals surface area contributed by atoms with Gasteiger partial charge in [0.15, 0.2) is 0 Å². The summed E-state index contributed by atoms with van der Waals surface area (Å²) in [4.78, 5) is 12.7. The molecule has 0 fully saturated rings. The molecule has 0 saturated carbocycles. The molecule has 4 heteroatoms. The molecule has 1 aromatic heterocycles. The Balaban J connectivity index is 1.90. The van der Waals surface area contributed by atoms with E-state index in [2.05, 4.69) is 17.5 Å². The van der Waals surface area contributed by atoms with Gasteiger partial charge in [0.25, 0.3) is 0 Å². The first-order valence-electron chi connectivity index (χ1n) is 5.01. The Kier molecular flexibility index (Phi) is 3.18. The fourth-order valence-corrected chi connectivity index (χ4v) is 2.35. The summed E-state index contributed by atoms with van der Waals surface area (Å²) in [6, 6.07) is 3.51. The van der Waals surface area contributed by atoms with Crippen LogP contribution in [0.1, 0.15) is 23.8 Å². The van der Waals surface area contributed by atoms with E-state index in [1.54, 1.807) is 0 Å². The molecule has 80 valence electrons. The molecule has 3 N–H and O–H groups in total. The smallest absolute Gasteiger partial charge is 0.242 e. The largest absolute Gasteiger partial charge is 0.351 e. The van der Waals surface area contributed by atoms with Gasteiger partial charge in [-0.1, -0.05) is 18.2 Å². The molecule has 0 aliphatic heterocycles. The minimum Gasteiger partial charge on any atom is -0.351 e. The Hall–Kier alpha value is -1.13. The molecule has 1 aliphatic rings. The van der Waals surface area contributed by atoms with Crippen molar-refractivity contribution in [3.63, 3.8) is 0 Å². The minimum atomic E-state index is -0.523. The average Bonchev–Trinajstić information content (AvgIpc) is 2.88. The van der Waals surface area contributed by atoms with Crippen LogP contribution >= 0.6 is 11.3 Å². The summed E-state index contributed by atoms with van der Waals surface area (Å²) in [6.45, 7) is 0. The maximum atomic E-state index is 11.7. The van der Waals surface area contributed by atoms with Crippen molar-refractivity contribution in [3.05, 3.63) is 34.5 Å². The second kappa shape index (κ2) is 4.59. The number of rotatable bonds is 3. The van der Waals surface area contributed by atoms with Crippen LogP contribution in [0.5, 0.6) is 0 Å². The molecule has 1 aromatic rings. The highest BCUT2D eigenvalue weighted by molar-refractivity contribution is 7.10. The second-order valence-electron chi connectivity index (χ2n) is 3.64. The third-order valence-corrected chi connectivity index (χ3v) is 3.44. The maximum Gasteiger partial charge on any atom is 0.242 e. The van der Waals surface area contributed by atoms with Crippen molar-refractivity contribution in [1.29, 1.82) is 0 Å². The van der Waals surface area contributed by atoms with Gasteiger partial charge in [-0.3, -0.25) is 4.79 Å². The zero-order valence-corrected chi connectivity index (χ0v) is 9.17. The van der Waals surface area contributed by atoms with Crippen molar-refractivity contribution < 1.29 is 4.79 Å². The van der Waals surface area contributed by atoms with Crippen molar-refractivity contribution >= 4 is 17.2 Å². The summed E-state index contributed by atoms with van der Waals surface area (Å²) in [5.74, 6) is -0.0776. The average molecular weight is 222 g/mol. The van der Waals surface area contributed by atoms with Crippen LogP contribution in [-0.4, -0.2) is 11.9 Å². The predicted molar refractivity (Wildman–Crippen MR) is 61.6 cm³/mol. The van der Waals surface area contributed by atoms with Crippen LogP contribution in [0, 0.1) is 0 Å². The van der Waals surface area contributed by atoms with Crippen molar-refractivity contribution in [1.82, 2.24) is 5.32 Å². The highest BCUT2D eigenvalue weighted by Gasteiger charge is 2.20. The fraction of sp³-hybridized carbons (Fsp3) is 0.364. The van der Waals surface area contributed by atoms with E-state index < -0.39 is 6.04 Å². The van der Waals surface area contributed by atoms with Gasteiger partial charge < -0.3 is 11.1 Å². The Bertz CT molecular complexity index is 351. The van der Waals surface area contributed by atoms with Crippen LogP contribution in [0.4, 0.5) is 0 Å². The van der Waals surface area contributed by atoms with Crippen LogP contribution in [0.15, 0.2) is 29.7 Å². The molecule has 15 heavy (non-hydrogen) atoms. The first kappa shape index (κ1) is 10.4. The lowest BCUT2D eigenvalue weighted by atomic mass is 10.2. The fourth-order valence-electron chi connectivity index (χ4n) is 1.62. The first-order valence-corrected chi connectivity index (χ1v) is 5.89. The highest BCUT2D eigenvalue weighted by Crippen LogP contribution is 2.18. The zero-order valence-electron chi connectivity index (χ0n) is 8.35. The molecule has 0 bridgehead atoms. The van der Waals surface area contributed by atoms with Gasteiger partial charge in [-0.05, 0) is 24.3 Å². The first-order chi connectivity index (χ1) is 7.27. The number of amides is 1. The molecule has 2 rings (SSSR count). The number of nitrogens with two attached hydrogens (primary N) is 1. The molecular formula is C11H14N2OS. The lowest BCUT2D eigenvalue weighted by molar-refractivity contribution is -0.123. The SMILES string of the molecule is NC(C(=O)NC1CC=CC1)c1cccs1. The van der Waals surface area contributed by atoms with Gasteiger partial charge in [0, 0.05) is 10.9 Å². The Labute approximate surface area is 93.0 Å². The van der Waals surface area contributed by atoms with E-state index in [1.807, 2.05) is 17.5 Å². The summed E-state index contributed by atoms with van der Waals surface area (Å²) in [5.41, 5.74) is 5.84. The topological polar surface area (TPSA) is 55.1 Å². The van der Waals surface area contributed by atoms with Crippen LogP contribution in [0.3, 0.4) is 0 Å². The number of hydrogen-bond donors (Lipinski definition) is 2. The van der Waals surface area contributed by atoms with Gasteiger partial charge in [0.1, 0.15) is 6.04 Å². The van der Waals surface area contributed by atoms with E-state index in [0.29, 0.717) is 0 Å². The van der Waals surface area contributed by atoms with Crippen LogP contribution in [0.2, 0.25) is 0 Å². The molecule has 0 radical (unpaired) electrons. The summed E-state index contributed by atoms with van der Waals surface area (Å²) in [7, 11) is 0. The summed E-state index contributed by atoms with van der Waals surface area (Å²) < 4.78 is 0. The number of carbonyl (C=O) groups excluding carboxylic acids is 1. The van der Waals surface area contributed by atoms with E-state index in [9.17, 15) is 4.79 Å². The van der Waals surface area contributed by atoms with Gasteiger partial charge in [-0.25, -0.2) is 0 Å². The van der Waals surface area contributed by atoms with Gasteiger partial charge in [0.05, 0.1) is 0 Å². The van der Waals surface area contributed by atoms with Crippen molar-refractivity contribution in [2.75, 3.05) is 0 Å². The summed E-state index contributed by atoms with van der Waals surface area (Å²) in [6.07, 6.45) is 6.01. The van der Waals surface area contributed by atoms with E-state index >= 15 is 0 Å². The number of carbonyl (C=O) groups is 1. The number of thiophene rings is 1. The molecule has 1 amide bonds. The van der Waals surface area contributed by atoms with Gasteiger partial charge in [0.2, 0.25) is 5.91 Å². The highest BCUT2D eigenvalue weighted by atomic mass is 32.1. The van der Waals surface area contributed by atoms with E-state index in [4.69, 9.17) is 5.73 Å². The van der Waals surface area contributed by atoms with E-state index in [-0.39, 0.29) is 11.9 Å². The van der Waals surface area contributed by atoms with Crippen molar-refractivity contribution in [3.8, 4) is 0 Å². The number of hydrogen-bond acceptors (Lipinski definition) is 3. The van der Waals surface area contributed by atoms with Gasteiger partial charge in [-0.15, -0.1) is 11.3 Å². The molecule has 1 unspecified atom stereocenters. The lowest BCUT2D eigenvalue weighted by Gasteiger charge is -2.15. The van der Waals surface area contributed by atoms with Gasteiger partial charge in [-0.2, -0.15) is 0 Å². The standard InChI is InChI=1S/C11H14N2OS/c12-10(9-6-3-7-15-9)11(14)13-8-4-1-2-5-8/h1-3,6-8,10H,4-5,12H2,(H,13,14). The predicted octanol–water partition coefficient (Wildman–Crippen LogP) is 1.58. The third kappa shape index (κ3) is 2.46. The molecule has 1 aliphatic carbocycles. The Morgan fingerprint density at radius 1 is 1.53 bits per heavy atom. The minimum absolute atomic E-state index is 0.0776. The maximum absolute atomic E-state index is 11.7. The summed E-state index contributed by atoms with van der Waals surface area (Å²) in [5, 5.41) is 4.88. The molecule has 0 spiro atoms. The molecule has 1 atom stereocenters. The molecule has 3 nitrogen and oxygen atoms in total. The zero-order chi connectivity index (χ0) is 10.7. The van der Waals surface area contributed by atoms with Crippen molar-refractivity contribution in [2.24, 2.45) is 5.73 Å². The van der Waals surface area contributed by atoms with Crippen molar-refractivity contribution in [2.45, 2.75) is 24.9 Å². The molecular weight excluding hydrogens is 208 g/mol. The third-order valence-electron chi connectivity index (χ3n) is 2.49. The van der Waals surface area contributed by atoms with E-state index in [1.165, 1.54) is 11.3 Å². The van der Waals surface area contributed by atoms with Gasteiger partial charge >= 0.3 is 0 Å². The van der Waals surface area contributed by atoms with Crippen LogP contribution in [0.25, 0.3) is 0 Å². The van der Waals surface area contributed by atoms with E-state index in [0.717, 1.165) is 17.7 Å². The summed E-state index contributed by atoms with van der Waals surface area (Å²) >= 11 is 1.52. The lowest BCUT2D eigenvalue weighted by Crippen LogP contribution is -2.39. The molecule has 0 aromatic carbocycles. The molecule has 1 heterocycles. The molecule has 0 saturated heterocycles. The number of nitrogens with one attached hydrogen (secondary N) is 1. The van der Waals surface area contributed by atoms with Crippen LogP contribution < -0.4 is 11.1 Å². The second-order valence-corrected chi connectivity index (χ2v) is 4.62. The Morgan fingerprint density at radius 3 is 2.87 bits per heavy atom.